The number of carbonyl (C=O) groups is 1. The van der Waals surface area contributed by atoms with Crippen LogP contribution in [0.15, 0.2) is 42.0 Å². The lowest BCUT2D eigenvalue weighted by Crippen LogP contribution is -2.38. The second-order valence-corrected chi connectivity index (χ2v) is 8.65. The van der Waals surface area contributed by atoms with Gasteiger partial charge >= 0.3 is 0 Å². The number of ether oxygens (including phenoxy) is 2. The van der Waals surface area contributed by atoms with Crippen LogP contribution in [0.25, 0.3) is 6.08 Å². The maximum absolute atomic E-state index is 12.8. The Hall–Kier alpha value is -2.63. The summed E-state index contributed by atoms with van der Waals surface area (Å²) in [4.78, 5) is 19.2. The molecule has 1 aliphatic heterocycles. The van der Waals surface area contributed by atoms with Crippen molar-refractivity contribution in [2.75, 3.05) is 39.5 Å². The minimum Gasteiger partial charge on any atom is -0.492 e. The van der Waals surface area contributed by atoms with Crippen LogP contribution in [0.2, 0.25) is 10.2 Å². The van der Waals surface area contributed by atoms with Gasteiger partial charge in [0.1, 0.15) is 29.2 Å². The third-order valence-electron chi connectivity index (χ3n) is 5.43. The Morgan fingerprint density at radius 2 is 2.00 bits per heavy atom. The predicted octanol–water partition coefficient (Wildman–Crippen LogP) is 4.66. The van der Waals surface area contributed by atoms with E-state index in [9.17, 15) is 10.1 Å². The molecule has 1 unspecified atom stereocenters. The average molecular weight is 503 g/mol. The van der Waals surface area contributed by atoms with Crippen LogP contribution in [0.3, 0.4) is 0 Å². The number of rotatable bonds is 10. The fourth-order valence-corrected chi connectivity index (χ4v) is 3.89. The van der Waals surface area contributed by atoms with Crippen LogP contribution in [0.4, 0.5) is 0 Å². The molecule has 0 saturated carbocycles. The molecule has 1 aliphatic rings. The van der Waals surface area contributed by atoms with E-state index in [1.165, 1.54) is 6.08 Å². The lowest BCUT2D eigenvalue weighted by atomic mass is 10.0. The quantitative estimate of drug-likeness (QED) is 0.288. The number of nitriles is 1. The molecule has 7 nitrogen and oxygen atoms in total. The van der Waals surface area contributed by atoms with E-state index in [-0.39, 0.29) is 22.5 Å². The van der Waals surface area contributed by atoms with Crippen molar-refractivity contribution in [3.05, 3.63) is 63.4 Å². The first-order valence-corrected chi connectivity index (χ1v) is 12.0. The highest BCUT2D eigenvalue weighted by molar-refractivity contribution is 6.33. The first kappa shape index (κ1) is 26.0. The van der Waals surface area contributed by atoms with Crippen molar-refractivity contribution in [3.63, 3.8) is 0 Å². The van der Waals surface area contributed by atoms with E-state index in [1.54, 1.807) is 12.1 Å². The van der Waals surface area contributed by atoms with Gasteiger partial charge in [-0.25, -0.2) is 4.98 Å². The Kier molecular flexibility index (Phi) is 10.2. The molecule has 1 N–H and O–H groups in total. The molecule has 0 aliphatic carbocycles. The van der Waals surface area contributed by atoms with Crippen LogP contribution in [0, 0.1) is 11.3 Å². The standard InChI is InChI=1S/C25H28Cl2N4O3/c1-2-3-22(30-25(32)19(17-28)16-23-21(26)8-9-24(27)29-23)18-4-6-20(7-5-18)34-15-12-31-10-13-33-14-11-31/h4-9,16,22H,2-3,10-15H2,1H3,(H,30,32). The zero-order chi connectivity index (χ0) is 24.3. The smallest absolute Gasteiger partial charge is 0.262 e. The average Bonchev–Trinajstić information content (AvgIpc) is 2.85. The molecule has 0 radical (unpaired) electrons. The number of pyridine rings is 1. The molecule has 1 saturated heterocycles. The van der Waals surface area contributed by atoms with Gasteiger partial charge < -0.3 is 14.8 Å². The molecule has 0 bridgehead atoms. The van der Waals surface area contributed by atoms with Crippen molar-refractivity contribution in [1.82, 2.24) is 15.2 Å². The molecule has 3 rings (SSSR count). The van der Waals surface area contributed by atoms with E-state index in [2.05, 4.69) is 15.2 Å². The van der Waals surface area contributed by atoms with Gasteiger partial charge in [-0.2, -0.15) is 5.26 Å². The maximum atomic E-state index is 12.8. The van der Waals surface area contributed by atoms with Crippen molar-refractivity contribution in [1.29, 1.82) is 5.26 Å². The zero-order valence-electron chi connectivity index (χ0n) is 19.1. The number of hydrogen-bond acceptors (Lipinski definition) is 6. The summed E-state index contributed by atoms with van der Waals surface area (Å²) < 4.78 is 11.2. The van der Waals surface area contributed by atoms with Gasteiger partial charge in [0.2, 0.25) is 0 Å². The number of halogens is 2. The number of morpholine rings is 1. The molecular weight excluding hydrogens is 475 g/mol. The highest BCUT2D eigenvalue weighted by atomic mass is 35.5. The van der Waals surface area contributed by atoms with Crippen molar-refractivity contribution in [2.24, 2.45) is 0 Å². The number of nitrogens with zero attached hydrogens (tertiary/aromatic N) is 3. The van der Waals surface area contributed by atoms with E-state index in [4.69, 9.17) is 32.7 Å². The lowest BCUT2D eigenvalue weighted by molar-refractivity contribution is -0.117. The minimum absolute atomic E-state index is 0.0964. The maximum Gasteiger partial charge on any atom is 0.262 e. The van der Waals surface area contributed by atoms with Crippen LogP contribution < -0.4 is 10.1 Å². The van der Waals surface area contributed by atoms with E-state index < -0.39 is 5.91 Å². The second kappa shape index (κ2) is 13.3. The SMILES string of the molecule is CCCC(NC(=O)C(C#N)=Cc1nc(Cl)ccc1Cl)c1ccc(OCCN2CCOCC2)cc1. The molecule has 1 amide bonds. The van der Waals surface area contributed by atoms with Crippen LogP contribution in [0.1, 0.15) is 37.1 Å². The summed E-state index contributed by atoms with van der Waals surface area (Å²) in [6, 6.07) is 12.5. The number of aromatic nitrogens is 1. The number of hydrogen-bond donors (Lipinski definition) is 1. The predicted molar refractivity (Wildman–Crippen MR) is 133 cm³/mol. The lowest BCUT2D eigenvalue weighted by Gasteiger charge is -2.26. The number of amides is 1. The molecular formula is C25H28Cl2N4O3. The highest BCUT2D eigenvalue weighted by Gasteiger charge is 2.18. The number of carbonyl (C=O) groups excluding carboxylic acids is 1. The second-order valence-electron chi connectivity index (χ2n) is 7.86. The van der Waals surface area contributed by atoms with Crippen molar-refractivity contribution >= 4 is 35.2 Å². The first-order chi connectivity index (χ1) is 16.5. The largest absolute Gasteiger partial charge is 0.492 e. The number of benzene rings is 1. The fourth-order valence-electron chi connectivity index (χ4n) is 3.58. The van der Waals surface area contributed by atoms with Gasteiger partial charge in [-0.1, -0.05) is 48.7 Å². The van der Waals surface area contributed by atoms with Gasteiger partial charge in [0.25, 0.3) is 5.91 Å². The topological polar surface area (TPSA) is 87.5 Å². The molecule has 34 heavy (non-hydrogen) atoms. The van der Waals surface area contributed by atoms with Crippen molar-refractivity contribution in [2.45, 2.75) is 25.8 Å². The van der Waals surface area contributed by atoms with Crippen molar-refractivity contribution < 1.29 is 14.3 Å². The summed E-state index contributed by atoms with van der Waals surface area (Å²) in [6.07, 6.45) is 2.92. The summed E-state index contributed by atoms with van der Waals surface area (Å²) in [7, 11) is 0. The third-order valence-corrected chi connectivity index (χ3v) is 5.96. The Balaban J connectivity index is 1.63. The number of nitrogens with one attached hydrogen (secondary N) is 1. The molecule has 9 heteroatoms. The van der Waals surface area contributed by atoms with Gasteiger partial charge in [0.15, 0.2) is 0 Å². The first-order valence-electron chi connectivity index (χ1n) is 11.3. The Labute approximate surface area is 210 Å². The van der Waals surface area contributed by atoms with E-state index in [1.807, 2.05) is 37.3 Å². The van der Waals surface area contributed by atoms with Crippen molar-refractivity contribution in [3.8, 4) is 11.8 Å². The van der Waals surface area contributed by atoms with E-state index >= 15 is 0 Å². The molecule has 2 heterocycles. The minimum atomic E-state index is -0.496. The van der Waals surface area contributed by atoms with E-state index in [0.717, 1.165) is 57.0 Å². The summed E-state index contributed by atoms with van der Waals surface area (Å²) >= 11 is 12.0. The highest BCUT2D eigenvalue weighted by Crippen LogP contribution is 2.23. The van der Waals surface area contributed by atoms with Crippen LogP contribution in [-0.2, 0) is 9.53 Å². The van der Waals surface area contributed by atoms with Gasteiger partial charge in [0, 0.05) is 19.6 Å². The molecule has 1 aromatic carbocycles. The molecule has 2 aromatic rings. The summed E-state index contributed by atoms with van der Waals surface area (Å²) in [5, 5.41) is 13.0. The van der Waals surface area contributed by atoms with Crippen LogP contribution in [0.5, 0.6) is 5.75 Å². The summed E-state index contributed by atoms with van der Waals surface area (Å²) in [5.41, 5.74) is 1.11. The van der Waals surface area contributed by atoms with Gasteiger partial charge in [-0.05, 0) is 42.3 Å². The van der Waals surface area contributed by atoms with Gasteiger partial charge in [0.05, 0.1) is 30.0 Å². The third kappa shape index (κ3) is 7.71. The molecule has 0 spiro atoms. The Bertz CT molecular complexity index is 1030. The summed E-state index contributed by atoms with van der Waals surface area (Å²) in [6.45, 7) is 6.90. The molecule has 1 atom stereocenters. The normalized spacial score (nSPS) is 15.4. The monoisotopic (exact) mass is 502 g/mol. The molecule has 1 fully saturated rings. The van der Waals surface area contributed by atoms with Crippen LogP contribution in [-0.4, -0.2) is 55.2 Å². The van der Waals surface area contributed by atoms with Crippen LogP contribution >= 0.6 is 23.2 Å². The van der Waals surface area contributed by atoms with E-state index in [0.29, 0.717) is 11.6 Å². The summed E-state index contributed by atoms with van der Waals surface area (Å²) in [5.74, 6) is 0.280. The molecule has 1 aromatic heterocycles. The Morgan fingerprint density at radius 3 is 2.68 bits per heavy atom. The Morgan fingerprint density at radius 1 is 1.26 bits per heavy atom. The zero-order valence-corrected chi connectivity index (χ0v) is 20.6. The van der Waals surface area contributed by atoms with Gasteiger partial charge in [-0.3, -0.25) is 9.69 Å². The molecule has 180 valence electrons. The van der Waals surface area contributed by atoms with Gasteiger partial charge in [-0.15, -0.1) is 0 Å². The fraction of sp³-hybridized carbons (Fsp3) is 0.400.